The molecule has 5 nitrogen and oxygen atoms in total. The number of rotatable bonds is 4. The average Bonchev–Trinajstić information content (AvgIpc) is 2.43. The second kappa shape index (κ2) is 6.10. The molecule has 0 radical (unpaired) electrons. The van der Waals surface area contributed by atoms with Crippen molar-refractivity contribution in [2.24, 2.45) is 0 Å². The van der Waals surface area contributed by atoms with Crippen LogP contribution in [0.1, 0.15) is 23.7 Å². The summed E-state index contributed by atoms with van der Waals surface area (Å²) < 4.78 is 14.9. The Balaban J connectivity index is 2.22. The van der Waals surface area contributed by atoms with Crippen LogP contribution in [0.2, 0.25) is 0 Å². The lowest BCUT2D eigenvalue weighted by molar-refractivity contribution is 0.102. The molecule has 1 N–H and O–H groups in total. The van der Waals surface area contributed by atoms with Crippen LogP contribution in [-0.2, 0) is 6.54 Å². The quantitative estimate of drug-likeness (QED) is 0.928. The first-order chi connectivity index (χ1) is 9.61. The predicted molar refractivity (Wildman–Crippen MR) is 73.1 cm³/mol. The molecule has 0 aliphatic heterocycles. The van der Waals surface area contributed by atoms with Crippen molar-refractivity contribution in [2.45, 2.75) is 19.9 Å². The summed E-state index contributed by atoms with van der Waals surface area (Å²) in [6, 6.07) is 4.16. The van der Waals surface area contributed by atoms with E-state index in [1.165, 1.54) is 29.0 Å². The minimum Gasteiger partial charge on any atom is -0.321 e. The Morgan fingerprint density at radius 1 is 1.40 bits per heavy atom. The second-order valence-electron chi connectivity index (χ2n) is 4.26. The Morgan fingerprint density at radius 2 is 2.20 bits per heavy atom. The SMILES string of the molecule is CCCn1cc(NC(=O)c2ccncc2F)ccc1=O. The van der Waals surface area contributed by atoms with Gasteiger partial charge in [-0.3, -0.25) is 14.6 Å². The van der Waals surface area contributed by atoms with Gasteiger partial charge in [0.25, 0.3) is 11.5 Å². The summed E-state index contributed by atoms with van der Waals surface area (Å²) in [5.74, 6) is -1.27. The van der Waals surface area contributed by atoms with Crippen LogP contribution in [-0.4, -0.2) is 15.5 Å². The number of pyridine rings is 2. The number of amides is 1. The Hall–Kier alpha value is -2.50. The Kier molecular flexibility index (Phi) is 4.24. The van der Waals surface area contributed by atoms with Gasteiger partial charge >= 0.3 is 0 Å². The van der Waals surface area contributed by atoms with Gasteiger partial charge in [0.2, 0.25) is 0 Å². The number of hydrogen-bond acceptors (Lipinski definition) is 3. The van der Waals surface area contributed by atoms with Gasteiger partial charge in [0.15, 0.2) is 5.82 Å². The Bertz CT molecular complexity index is 682. The number of hydrogen-bond donors (Lipinski definition) is 1. The van der Waals surface area contributed by atoms with Gasteiger partial charge in [-0.15, -0.1) is 0 Å². The fraction of sp³-hybridized carbons (Fsp3) is 0.214. The molecule has 0 aromatic carbocycles. The highest BCUT2D eigenvalue weighted by atomic mass is 19.1. The minimum absolute atomic E-state index is 0.0896. The van der Waals surface area contributed by atoms with Gasteiger partial charge in [0.05, 0.1) is 17.4 Å². The summed E-state index contributed by atoms with van der Waals surface area (Å²) in [5.41, 5.74) is 0.215. The third-order valence-corrected chi connectivity index (χ3v) is 2.72. The largest absolute Gasteiger partial charge is 0.321 e. The zero-order valence-electron chi connectivity index (χ0n) is 11.0. The van der Waals surface area contributed by atoms with Crippen LogP contribution >= 0.6 is 0 Å². The topological polar surface area (TPSA) is 64.0 Å². The molecule has 0 spiro atoms. The number of carbonyl (C=O) groups excluding carboxylic acids is 1. The van der Waals surface area contributed by atoms with Crippen LogP contribution in [0, 0.1) is 5.82 Å². The van der Waals surface area contributed by atoms with Crippen molar-refractivity contribution in [3.63, 3.8) is 0 Å². The first-order valence-electron chi connectivity index (χ1n) is 6.23. The van der Waals surface area contributed by atoms with Gasteiger partial charge in [-0.05, 0) is 18.6 Å². The molecule has 1 amide bonds. The maximum absolute atomic E-state index is 13.4. The molecule has 0 fully saturated rings. The van der Waals surface area contributed by atoms with Crippen LogP contribution in [0.25, 0.3) is 0 Å². The first kappa shape index (κ1) is 13.9. The highest BCUT2D eigenvalue weighted by molar-refractivity contribution is 6.04. The van der Waals surface area contributed by atoms with E-state index in [1.807, 2.05) is 6.92 Å². The Morgan fingerprint density at radius 3 is 2.90 bits per heavy atom. The van der Waals surface area contributed by atoms with E-state index in [0.717, 1.165) is 12.6 Å². The van der Waals surface area contributed by atoms with Gasteiger partial charge in [-0.25, -0.2) is 4.39 Å². The van der Waals surface area contributed by atoms with Crippen LogP contribution in [0.15, 0.2) is 41.6 Å². The van der Waals surface area contributed by atoms with Crippen molar-refractivity contribution in [1.29, 1.82) is 0 Å². The normalized spacial score (nSPS) is 10.3. The summed E-state index contributed by atoms with van der Waals surface area (Å²) >= 11 is 0. The molecule has 2 heterocycles. The van der Waals surface area contributed by atoms with Crippen molar-refractivity contribution in [3.8, 4) is 0 Å². The van der Waals surface area contributed by atoms with Crippen LogP contribution in [0.4, 0.5) is 10.1 Å². The van der Waals surface area contributed by atoms with Crippen molar-refractivity contribution in [3.05, 3.63) is 58.5 Å². The number of nitrogens with one attached hydrogen (secondary N) is 1. The van der Waals surface area contributed by atoms with E-state index in [-0.39, 0.29) is 11.1 Å². The highest BCUT2D eigenvalue weighted by Gasteiger charge is 2.11. The number of halogens is 1. The molecule has 0 aliphatic rings. The van der Waals surface area contributed by atoms with E-state index in [1.54, 1.807) is 6.20 Å². The van der Waals surface area contributed by atoms with E-state index in [4.69, 9.17) is 0 Å². The zero-order chi connectivity index (χ0) is 14.5. The van der Waals surface area contributed by atoms with Crippen molar-refractivity contribution in [1.82, 2.24) is 9.55 Å². The number of aromatic nitrogens is 2. The van der Waals surface area contributed by atoms with Crippen LogP contribution in [0.5, 0.6) is 0 Å². The van der Waals surface area contributed by atoms with E-state index in [0.29, 0.717) is 12.2 Å². The molecule has 0 saturated heterocycles. The summed E-state index contributed by atoms with van der Waals surface area (Å²) in [6.45, 7) is 2.51. The fourth-order valence-electron chi connectivity index (χ4n) is 1.78. The summed E-state index contributed by atoms with van der Waals surface area (Å²) in [6.07, 6.45) is 4.67. The first-order valence-corrected chi connectivity index (χ1v) is 6.23. The Labute approximate surface area is 115 Å². The van der Waals surface area contributed by atoms with Gasteiger partial charge in [0, 0.05) is 25.0 Å². The zero-order valence-corrected chi connectivity index (χ0v) is 11.0. The lowest BCUT2D eigenvalue weighted by Gasteiger charge is -2.09. The fourth-order valence-corrected chi connectivity index (χ4v) is 1.78. The minimum atomic E-state index is -0.688. The van der Waals surface area contributed by atoms with Crippen LogP contribution < -0.4 is 10.9 Å². The molecular weight excluding hydrogens is 261 g/mol. The van der Waals surface area contributed by atoms with E-state index in [9.17, 15) is 14.0 Å². The molecule has 6 heteroatoms. The molecule has 0 saturated carbocycles. The smallest absolute Gasteiger partial charge is 0.258 e. The lowest BCUT2D eigenvalue weighted by atomic mass is 10.2. The molecule has 20 heavy (non-hydrogen) atoms. The maximum atomic E-state index is 13.4. The number of anilines is 1. The monoisotopic (exact) mass is 275 g/mol. The summed E-state index contributed by atoms with van der Waals surface area (Å²) in [7, 11) is 0. The van der Waals surface area contributed by atoms with Gasteiger partial charge in [-0.2, -0.15) is 0 Å². The second-order valence-corrected chi connectivity index (χ2v) is 4.26. The molecule has 104 valence electrons. The molecule has 0 aliphatic carbocycles. The van der Waals surface area contributed by atoms with Crippen LogP contribution in [0.3, 0.4) is 0 Å². The van der Waals surface area contributed by atoms with E-state index >= 15 is 0 Å². The number of carbonyl (C=O) groups is 1. The molecule has 0 unspecified atom stereocenters. The summed E-state index contributed by atoms with van der Waals surface area (Å²) in [5, 5.41) is 2.56. The number of nitrogens with zero attached hydrogens (tertiary/aromatic N) is 2. The van der Waals surface area contributed by atoms with E-state index in [2.05, 4.69) is 10.3 Å². The molecule has 2 aromatic heterocycles. The molecule has 2 aromatic rings. The maximum Gasteiger partial charge on any atom is 0.258 e. The average molecular weight is 275 g/mol. The molecule has 0 atom stereocenters. The third-order valence-electron chi connectivity index (χ3n) is 2.72. The van der Waals surface area contributed by atoms with Gasteiger partial charge in [-0.1, -0.05) is 6.92 Å². The standard InChI is InChI=1S/C14H14FN3O2/c1-2-7-18-9-10(3-4-13(18)19)17-14(20)11-5-6-16-8-12(11)15/h3-6,8-9H,2,7H2,1H3,(H,17,20). The lowest BCUT2D eigenvalue weighted by Crippen LogP contribution is -2.20. The van der Waals surface area contributed by atoms with Crippen molar-refractivity contribution < 1.29 is 9.18 Å². The number of aryl methyl sites for hydroxylation is 1. The van der Waals surface area contributed by atoms with Crippen molar-refractivity contribution >= 4 is 11.6 Å². The molecule has 0 bridgehead atoms. The van der Waals surface area contributed by atoms with Gasteiger partial charge < -0.3 is 9.88 Å². The van der Waals surface area contributed by atoms with Gasteiger partial charge in [0.1, 0.15) is 0 Å². The highest BCUT2D eigenvalue weighted by Crippen LogP contribution is 2.10. The van der Waals surface area contributed by atoms with Crippen molar-refractivity contribution in [2.75, 3.05) is 5.32 Å². The summed E-state index contributed by atoms with van der Waals surface area (Å²) in [4.78, 5) is 27.1. The molecule has 2 rings (SSSR count). The van der Waals surface area contributed by atoms with E-state index < -0.39 is 11.7 Å². The molecular formula is C14H14FN3O2. The third kappa shape index (κ3) is 3.09. The predicted octanol–water partition coefficient (Wildman–Crippen LogP) is 2.04.